The van der Waals surface area contributed by atoms with Crippen LogP contribution in [0.3, 0.4) is 0 Å². The van der Waals surface area contributed by atoms with E-state index in [9.17, 15) is 9.59 Å². The molecule has 0 saturated carbocycles. The topological polar surface area (TPSA) is 49.4 Å². The lowest BCUT2D eigenvalue weighted by Gasteiger charge is -2.28. The molecule has 2 amide bonds. The van der Waals surface area contributed by atoms with Crippen LogP contribution >= 0.6 is 0 Å². The Hall–Kier alpha value is -2.62. The fourth-order valence-corrected chi connectivity index (χ4v) is 2.73. The van der Waals surface area contributed by atoms with Gasteiger partial charge in [0.05, 0.1) is 11.4 Å². The third-order valence-corrected chi connectivity index (χ3v) is 3.88. The number of carbonyl (C=O) groups excluding carboxylic acids is 2. The van der Waals surface area contributed by atoms with Gasteiger partial charge >= 0.3 is 0 Å². The van der Waals surface area contributed by atoms with Gasteiger partial charge < -0.3 is 10.2 Å². The number of aryl methyl sites for hydroxylation is 1. The molecule has 0 spiro atoms. The fourth-order valence-electron chi connectivity index (χ4n) is 2.73. The summed E-state index contributed by atoms with van der Waals surface area (Å²) in [6.07, 6.45) is 0.284. The molecule has 2 aromatic carbocycles. The molecule has 0 bridgehead atoms. The van der Waals surface area contributed by atoms with Crippen LogP contribution in [0.4, 0.5) is 11.4 Å². The summed E-state index contributed by atoms with van der Waals surface area (Å²) in [5.41, 5.74) is 3.16. The van der Waals surface area contributed by atoms with Crippen LogP contribution in [0.15, 0.2) is 48.5 Å². The molecule has 4 heteroatoms. The van der Waals surface area contributed by atoms with Gasteiger partial charge in [-0.25, -0.2) is 0 Å². The van der Waals surface area contributed by atoms with Gasteiger partial charge in [0.15, 0.2) is 0 Å². The number of rotatable bonds is 1. The lowest BCUT2D eigenvalue weighted by atomic mass is 10.1. The zero-order valence-corrected chi connectivity index (χ0v) is 12.7. The number of amides is 2. The predicted octanol–water partition coefficient (Wildman–Crippen LogP) is 3.37. The fraction of sp³-hybridized carbons (Fsp3) is 0.222. The summed E-state index contributed by atoms with van der Waals surface area (Å²) in [7, 11) is 0. The van der Waals surface area contributed by atoms with Crippen LogP contribution in [0.5, 0.6) is 0 Å². The first-order valence-corrected chi connectivity index (χ1v) is 7.35. The van der Waals surface area contributed by atoms with Crippen LogP contribution in [0.2, 0.25) is 0 Å². The van der Waals surface area contributed by atoms with Crippen LogP contribution in [-0.4, -0.2) is 17.9 Å². The maximum Gasteiger partial charge on any atom is 0.258 e. The first-order chi connectivity index (χ1) is 10.6. The molecule has 1 aliphatic heterocycles. The zero-order chi connectivity index (χ0) is 15.7. The van der Waals surface area contributed by atoms with Crippen LogP contribution in [0.1, 0.15) is 29.3 Å². The van der Waals surface area contributed by atoms with Crippen molar-refractivity contribution in [3.05, 3.63) is 59.7 Å². The van der Waals surface area contributed by atoms with Crippen LogP contribution in [-0.2, 0) is 4.79 Å². The second kappa shape index (κ2) is 5.64. The van der Waals surface area contributed by atoms with Crippen molar-refractivity contribution in [2.75, 3.05) is 10.2 Å². The van der Waals surface area contributed by atoms with Gasteiger partial charge in [0.2, 0.25) is 5.91 Å². The Morgan fingerprint density at radius 2 is 1.82 bits per heavy atom. The summed E-state index contributed by atoms with van der Waals surface area (Å²) >= 11 is 0. The highest BCUT2D eigenvalue weighted by atomic mass is 16.2. The molecule has 112 valence electrons. The van der Waals surface area contributed by atoms with Crippen molar-refractivity contribution < 1.29 is 9.59 Å². The van der Waals surface area contributed by atoms with E-state index in [1.807, 2.05) is 62.4 Å². The Labute approximate surface area is 129 Å². The van der Waals surface area contributed by atoms with E-state index in [4.69, 9.17) is 0 Å². The van der Waals surface area contributed by atoms with Gasteiger partial charge in [0, 0.05) is 18.0 Å². The number of benzene rings is 2. The number of hydrogen-bond acceptors (Lipinski definition) is 2. The number of carbonyl (C=O) groups is 2. The first-order valence-electron chi connectivity index (χ1n) is 7.35. The Balaban J connectivity index is 2.05. The van der Waals surface area contributed by atoms with E-state index in [1.54, 1.807) is 4.90 Å². The van der Waals surface area contributed by atoms with Crippen molar-refractivity contribution in [2.45, 2.75) is 26.3 Å². The normalized spacial score (nSPS) is 17.5. The van der Waals surface area contributed by atoms with Gasteiger partial charge in [-0.05, 0) is 38.1 Å². The Morgan fingerprint density at radius 3 is 2.55 bits per heavy atom. The van der Waals surface area contributed by atoms with Gasteiger partial charge in [-0.2, -0.15) is 0 Å². The number of hydrogen-bond donors (Lipinski definition) is 1. The molecule has 2 aromatic rings. The molecule has 3 rings (SSSR count). The molecular weight excluding hydrogens is 276 g/mol. The van der Waals surface area contributed by atoms with E-state index in [1.165, 1.54) is 0 Å². The second-order valence-electron chi connectivity index (χ2n) is 5.66. The highest BCUT2D eigenvalue weighted by Crippen LogP contribution is 2.32. The molecular formula is C18H18N2O2. The van der Waals surface area contributed by atoms with Gasteiger partial charge in [0.1, 0.15) is 0 Å². The van der Waals surface area contributed by atoms with E-state index in [2.05, 4.69) is 5.32 Å². The third kappa shape index (κ3) is 2.60. The van der Waals surface area contributed by atoms with E-state index in [0.29, 0.717) is 11.3 Å². The number of fused-ring (bicyclic) bond motifs is 1. The largest absolute Gasteiger partial charge is 0.324 e. The summed E-state index contributed by atoms with van der Waals surface area (Å²) in [5, 5.41) is 2.87. The minimum atomic E-state index is -0.197. The molecule has 0 unspecified atom stereocenters. The average Bonchev–Trinajstić information content (AvgIpc) is 2.61. The maximum absolute atomic E-state index is 12.9. The Kier molecular flexibility index (Phi) is 3.67. The quantitative estimate of drug-likeness (QED) is 0.876. The third-order valence-electron chi connectivity index (χ3n) is 3.88. The lowest BCUT2D eigenvalue weighted by Crippen LogP contribution is -2.39. The van der Waals surface area contributed by atoms with Gasteiger partial charge in [0.25, 0.3) is 5.91 Å². The molecule has 1 heterocycles. The van der Waals surface area contributed by atoms with Gasteiger partial charge in [-0.3, -0.25) is 9.59 Å². The summed E-state index contributed by atoms with van der Waals surface area (Å²) in [6, 6.07) is 14.7. The van der Waals surface area contributed by atoms with E-state index < -0.39 is 0 Å². The molecule has 22 heavy (non-hydrogen) atoms. The van der Waals surface area contributed by atoms with Crippen molar-refractivity contribution in [3.63, 3.8) is 0 Å². The molecule has 0 radical (unpaired) electrons. The zero-order valence-electron chi connectivity index (χ0n) is 12.7. The molecule has 0 aliphatic carbocycles. The molecule has 0 aromatic heterocycles. The summed E-state index contributed by atoms with van der Waals surface area (Å²) < 4.78 is 0. The van der Waals surface area contributed by atoms with Crippen LogP contribution in [0.25, 0.3) is 0 Å². The van der Waals surface area contributed by atoms with Crippen molar-refractivity contribution >= 4 is 23.2 Å². The number of nitrogens with zero attached hydrogens (tertiary/aromatic N) is 1. The maximum atomic E-state index is 12.9. The average molecular weight is 294 g/mol. The molecule has 4 nitrogen and oxygen atoms in total. The Morgan fingerprint density at radius 1 is 1.14 bits per heavy atom. The van der Waals surface area contributed by atoms with Crippen LogP contribution < -0.4 is 10.2 Å². The highest BCUT2D eigenvalue weighted by Gasteiger charge is 2.30. The van der Waals surface area contributed by atoms with Crippen molar-refractivity contribution in [1.29, 1.82) is 0 Å². The summed E-state index contributed by atoms with van der Waals surface area (Å²) in [6.45, 7) is 3.88. The van der Waals surface area contributed by atoms with E-state index in [0.717, 1.165) is 11.3 Å². The minimum Gasteiger partial charge on any atom is -0.324 e. The first kappa shape index (κ1) is 14.3. The summed E-state index contributed by atoms with van der Waals surface area (Å²) in [5.74, 6) is -0.157. The second-order valence-corrected chi connectivity index (χ2v) is 5.66. The van der Waals surface area contributed by atoms with Crippen LogP contribution in [0, 0.1) is 6.92 Å². The highest BCUT2D eigenvalue weighted by molar-refractivity contribution is 6.11. The van der Waals surface area contributed by atoms with E-state index >= 15 is 0 Å². The predicted molar refractivity (Wildman–Crippen MR) is 87.1 cm³/mol. The summed E-state index contributed by atoms with van der Waals surface area (Å²) in [4.78, 5) is 26.6. The van der Waals surface area contributed by atoms with Crippen molar-refractivity contribution in [2.24, 2.45) is 0 Å². The number of anilines is 2. The molecule has 1 atom stereocenters. The number of para-hydroxylation sites is 2. The standard InChI is InChI=1S/C18H18N2O2/c1-12-7-9-14(10-8-12)18(22)20-13(2)11-17(21)19-15-5-3-4-6-16(15)20/h3-10,13H,11H2,1-2H3,(H,19,21)/t13-/m0/s1. The monoisotopic (exact) mass is 294 g/mol. The van der Waals surface area contributed by atoms with Gasteiger partial charge in [-0.1, -0.05) is 29.8 Å². The van der Waals surface area contributed by atoms with Gasteiger partial charge in [-0.15, -0.1) is 0 Å². The molecule has 0 fully saturated rings. The molecule has 0 saturated heterocycles. The molecule has 1 N–H and O–H groups in total. The Bertz CT molecular complexity index is 722. The lowest BCUT2D eigenvalue weighted by molar-refractivity contribution is -0.116. The number of nitrogens with one attached hydrogen (secondary N) is 1. The minimum absolute atomic E-state index is 0.0702. The smallest absolute Gasteiger partial charge is 0.258 e. The van der Waals surface area contributed by atoms with E-state index in [-0.39, 0.29) is 24.3 Å². The SMILES string of the molecule is Cc1ccc(C(=O)N2c3ccccc3NC(=O)C[C@@H]2C)cc1. The van der Waals surface area contributed by atoms with Crippen molar-refractivity contribution in [1.82, 2.24) is 0 Å². The van der Waals surface area contributed by atoms with Crippen molar-refractivity contribution in [3.8, 4) is 0 Å². The molecule has 1 aliphatic rings.